The average Bonchev–Trinajstić information content (AvgIpc) is 3.19. The molecule has 1 aliphatic rings. The van der Waals surface area contributed by atoms with E-state index in [1.165, 1.54) is 6.20 Å². The Bertz CT molecular complexity index is 678. The second-order valence-corrected chi connectivity index (χ2v) is 5.00. The van der Waals surface area contributed by atoms with Crippen molar-refractivity contribution < 1.29 is 14.2 Å². The lowest BCUT2D eigenvalue weighted by Gasteiger charge is -2.26. The Morgan fingerprint density at radius 1 is 1.41 bits per heavy atom. The van der Waals surface area contributed by atoms with Gasteiger partial charge < -0.3 is 10.2 Å². The Balaban J connectivity index is 1.67. The Labute approximate surface area is 126 Å². The van der Waals surface area contributed by atoms with Crippen LogP contribution in [0.2, 0.25) is 0 Å². The molecule has 0 aromatic carbocycles. The highest BCUT2D eigenvalue weighted by atomic mass is 16.6. The summed E-state index contributed by atoms with van der Waals surface area (Å²) in [5, 5.41) is 14.2. The second kappa shape index (κ2) is 5.96. The molecule has 1 N–H and O–H groups in total. The third-order valence-electron chi connectivity index (χ3n) is 3.50. The van der Waals surface area contributed by atoms with Gasteiger partial charge in [-0.15, -0.1) is 0 Å². The molecule has 0 bridgehead atoms. The molecule has 0 unspecified atom stereocenters. The zero-order valence-corrected chi connectivity index (χ0v) is 12.2. The largest absolute Gasteiger partial charge is 0.350 e. The summed E-state index contributed by atoms with van der Waals surface area (Å²) in [6, 6.07) is 1.90. The molecule has 116 valence electrons. The Hall–Kier alpha value is -2.71. The van der Waals surface area contributed by atoms with E-state index >= 15 is 0 Å². The van der Waals surface area contributed by atoms with Gasteiger partial charge in [-0.25, -0.2) is 4.63 Å². The van der Waals surface area contributed by atoms with Gasteiger partial charge in [0.15, 0.2) is 5.69 Å². The minimum Gasteiger partial charge on any atom is -0.350 e. The topological polar surface area (TPSA) is 106 Å². The number of fused-ring (bicyclic) bond motifs is 1. The normalized spacial score (nSPS) is 13.8. The SMILES string of the molecule is CCC(=O)NCc1cc2n(n1)CCN(C(=O)c1cnon1)C2. The van der Waals surface area contributed by atoms with E-state index in [4.69, 9.17) is 0 Å². The molecule has 2 aromatic heterocycles. The fraction of sp³-hybridized carbons (Fsp3) is 0.462. The van der Waals surface area contributed by atoms with E-state index < -0.39 is 0 Å². The highest BCUT2D eigenvalue weighted by molar-refractivity contribution is 5.91. The number of carbonyl (C=O) groups excluding carboxylic acids is 2. The van der Waals surface area contributed by atoms with Gasteiger partial charge >= 0.3 is 0 Å². The van der Waals surface area contributed by atoms with Gasteiger partial charge in [-0.05, 0) is 11.2 Å². The van der Waals surface area contributed by atoms with Crippen LogP contribution in [0.5, 0.6) is 0 Å². The summed E-state index contributed by atoms with van der Waals surface area (Å²) in [5.41, 5.74) is 1.91. The van der Waals surface area contributed by atoms with E-state index in [1.54, 1.807) is 11.8 Å². The van der Waals surface area contributed by atoms with Crippen LogP contribution in [-0.2, 0) is 24.4 Å². The maximum absolute atomic E-state index is 12.2. The summed E-state index contributed by atoms with van der Waals surface area (Å²) in [4.78, 5) is 25.2. The Morgan fingerprint density at radius 3 is 3.00 bits per heavy atom. The van der Waals surface area contributed by atoms with Crippen molar-refractivity contribution in [3.8, 4) is 0 Å². The monoisotopic (exact) mass is 304 g/mol. The van der Waals surface area contributed by atoms with Gasteiger partial charge in [0, 0.05) is 13.0 Å². The molecule has 0 spiro atoms. The van der Waals surface area contributed by atoms with Crippen LogP contribution >= 0.6 is 0 Å². The van der Waals surface area contributed by atoms with Crippen LogP contribution in [0.15, 0.2) is 16.9 Å². The third kappa shape index (κ3) is 2.83. The number of nitrogens with one attached hydrogen (secondary N) is 1. The van der Waals surface area contributed by atoms with Gasteiger partial charge in [0.1, 0.15) is 6.20 Å². The lowest BCUT2D eigenvalue weighted by Crippen LogP contribution is -2.38. The molecule has 0 saturated carbocycles. The highest BCUT2D eigenvalue weighted by Gasteiger charge is 2.25. The summed E-state index contributed by atoms with van der Waals surface area (Å²) in [5.74, 6) is -0.226. The molecule has 0 fully saturated rings. The van der Waals surface area contributed by atoms with Gasteiger partial charge in [0.2, 0.25) is 5.91 Å². The predicted molar refractivity (Wildman–Crippen MR) is 73.4 cm³/mol. The van der Waals surface area contributed by atoms with Crippen LogP contribution in [0.3, 0.4) is 0 Å². The van der Waals surface area contributed by atoms with Crippen molar-refractivity contribution in [1.82, 2.24) is 30.3 Å². The minimum absolute atomic E-state index is 0.0127. The molecule has 22 heavy (non-hydrogen) atoms. The molecule has 0 aliphatic carbocycles. The van der Waals surface area contributed by atoms with E-state index in [2.05, 4.69) is 25.4 Å². The van der Waals surface area contributed by atoms with Gasteiger partial charge in [0.05, 0.1) is 31.0 Å². The molecule has 9 nitrogen and oxygen atoms in total. The molecule has 1 aliphatic heterocycles. The van der Waals surface area contributed by atoms with Crippen LogP contribution in [0.25, 0.3) is 0 Å². The molecule has 9 heteroatoms. The molecular weight excluding hydrogens is 288 g/mol. The van der Waals surface area contributed by atoms with E-state index in [0.717, 1.165) is 11.4 Å². The fourth-order valence-corrected chi connectivity index (χ4v) is 2.32. The number of rotatable bonds is 4. The third-order valence-corrected chi connectivity index (χ3v) is 3.50. The second-order valence-electron chi connectivity index (χ2n) is 5.00. The van der Waals surface area contributed by atoms with Crippen molar-refractivity contribution in [3.05, 3.63) is 29.3 Å². The number of carbonyl (C=O) groups is 2. The first-order chi connectivity index (χ1) is 10.7. The highest BCUT2D eigenvalue weighted by Crippen LogP contribution is 2.15. The maximum atomic E-state index is 12.2. The van der Waals surface area contributed by atoms with Crippen molar-refractivity contribution >= 4 is 11.8 Å². The molecule has 3 heterocycles. The summed E-state index contributed by atoms with van der Waals surface area (Å²) < 4.78 is 6.32. The zero-order chi connectivity index (χ0) is 15.5. The Kier molecular flexibility index (Phi) is 3.86. The van der Waals surface area contributed by atoms with Crippen LogP contribution in [0.1, 0.15) is 35.2 Å². The standard InChI is InChI=1S/C13H16N6O3/c1-2-12(20)14-6-9-5-10-8-18(3-4-19(10)16-9)13(21)11-7-15-22-17-11/h5,7H,2-4,6,8H2,1H3,(H,14,20). The summed E-state index contributed by atoms with van der Waals surface area (Å²) in [7, 11) is 0. The molecule has 0 saturated heterocycles. The van der Waals surface area contributed by atoms with E-state index in [-0.39, 0.29) is 17.5 Å². The van der Waals surface area contributed by atoms with Crippen LogP contribution in [0.4, 0.5) is 0 Å². The van der Waals surface area contributed by atoms with E-state index in [1.807, 2.05) is 10.7 Å². The van der Waals surface area contributed by atoms with Gasteiger partial charge in [-0.3, -0.25) is 14.3 Å². The number of nitrogens with zero attached hydrogens (tertiary/aromatic N) is 5. The summed E-state index contributed by atoms with van der Waals surface area (Å²) in [6.45, 7) is 3.79. The van der Waals surface area contributed by atoms with Gasteiger partial charge in [-0.2, -0.15) is 5.10 Å². The van der Waals surface area contributed by atoms with Gasteiger partial charge in [-0.1, -0.05) is 12.1 Å². The van der Waals surface area contributed by atoms with Crippen molar-refractivity contribution in [2.75, 3.05) is 6.54 Å². The van der Waals surface area contributed by atoms with Crippen molar-refractivity contribution in [3.63, 3.8) is 0 Å². The molecule has 2 aromatic rings. The number of hydrogen-bond donors (Lipinski definition) is 1. The van der Waals surface area contributed by atoms with Crippen molar-refractivity contribution in [2.24, 2.45) is 0 Å². The van der Waals surface area contributed by atoms with Crippen molar-refractivity contribution in [1.29, 1.82) is 0 Å². The molecule has 0 atom stereocenters. The molecule has 2 amide bonds. The Morgan fingerprint density at radius 2 is 2.27 bits per heavy atom. The average molecular weight is 304 g/mol. The zero-order valence-electron chi connectivity index (χ0n) is 12.2. The fourth-order valence-electron chi connectivity index (χ4n) is 2.32. The minimum atomic E-state index is -0.213. The van der Waals surface area contributed by atoms with Crippen LogP contribution < -0.4 is 5.32 Å². The summed E-state index contributed by atoms with van der Waals surface area (Å²) >= 11 is 0. The van der Waals surface area contributed by atoms with E-state index in [0.29, 0.717) is 32.6 Å². The summed E-state index contributed by atoms with van der Waals surface area (Å²) in [6.07, 6.45) is 1.75. The quantitative estimate of drug-likeness (QED) is 0.848. The maximum Gasteiger partial charge on any atom is 0.278 e. The molecular formula is C13H16N6O3. The first kappa shape index (κ1) is 14.2. The van der Waals surface area contributed by atoms with Crippen molar-refractivity contribution in [2.45, 2.75) is 33.0 Å². The number of amides is 2. The number of hydrogen-bond acceptors (Lipinski definition) is 6. The van der Waals surface area contributed by atoms with Crippen LogP contribution in [-0.4, -0.2) is 43.4 Å². The van der Waals surface area contributed by atoms with Gasteiger partial charge in [0.25, 0.3) is 5.91 Å². The predicted octanol–water partition coefficient (Wildman–Crippen LogP) is -0.0517. The number of aromatic nitrogens is 4. The lowest BCUT2D eigenvalue weighted by molar-refractivity contribution is -0.120. The van der Waals surface area contributed by atoms with E-state index in [9.17, 15) is 9.59 Å². The molecule has 3 rings (SSSR count). The first-order valence-electron chi connectivity index (χ1n) is 7.06. The smallest absolute Gasteiger partial charge is 0.278 e. The van der Waals surface area contributed by atoms with Crippen LogP contribution in [0, 0.1) is 0 Å². The first-order valence-corrected chi connectivity index (χ1v) is 7.06. The lowest BCUT2D eigenvalue weighted by atomic mass is 10.2. The molecule has 0 radical (unpaired) electrons.